The van der Waals surface area contributed by atoms with E-state index in [4.69, 9.17) is 4.74 Å². The molecule has 1 amide bonds. The molecule has 0 atom stereocenters. The van der Waals surface area contributed by atoms with Gasteiger partial charge >= 0.3 is 5.97 Å². The number of esters is 1. The Morgan fingerprint density at radius 2 is 1.90 bits per heavy atom. The SMILES string of the molecule is CC.CC(=O)OCC(C)(C)C(=O)Nc1ccc(C)cn1. The normalized spacial score (nSPS) is 10.1. The van der Waals surface area contributed by atoms with Crippen LogP contribution in [0, 0.1) is 12.3 Å². The first-order valence-corrected chi connectivity index (χ1v) is 6.69. The van der Waals surface area contributed by atoms with Gasteiger partial charge in [0.05, 0.1) is 5.41 Å². The summed E-state index contributed by atoms with van der Waals surface area (Å²) in [5.74, 6) is -0.147. The number of anilines is 1. The molecule has 1 aromatic heterocycles. The lowest BCUT2D eigenvalue weighted by atomic mass is 9.93. The van der Waals surface area contributed by atoms with Gasteiger partial charge in [0.15, 0.2) is 0 Å². The van der Waals surface area contributed by atoms with Crippen LogP contribution >= 0.6 is 0 Å². The molecule has 20 heavy (non-hydrogen) atoms. The molecular weight excluding hydrogens is 256 g/mol. The fourth-order valence-electron chi connectivity index (χ4n) is 1.17. The number of carbonyl (C=O) groups is 2. The zero-order valence-corrected chi connectivity index (χ0v) is 13.1. The van der Waals surface area contributed by atoms with Gasteiger partial charge in [-0.05, 0) is 32.4 Å². The lowest BCUT2D eigenvalue weighted by molar-refractivity contribution is -0.146. The minimum atomic E-state index is -0.793. The second-order valence-corrected chi connectivity index (χ2v) is 4.84. The summed E-state index contributed by atoms with van der Waals surface area (Å²) in [6.45, 7) is 10.7. The van der Waals surface area contributed by atoms with Crippen LogP contribution in [0.2, 0.25) is 0 Å². The zero-order chi connectivity index (χ0) is 15.8. The van der Waals surface area contributed by atoms with Gasteiger partial charge in [0.2, 0.25) is 5.91 Å². The topological polar surface area (TPSA) is 68.3 Å². The van der Waals surface area contributed by atoms with E-state index >= 15 is 0 Å². The van der Waals surface area contributed by atoms with Gasteiger partial charge in [-0.2, -0.15) is 0 Å². The van der Waals surface area contributed by atoms with Crippen LogP contribution in [0.4, 0.5) is 5.82 Å². The fourth-order valence-corrected chi connectivity index (χ4v) is 1.17. The lowest BCUT2D eigenvalue weighted by Gasteiger charge is -2.22. The van der Waals surface area contributed by atoms with Crippen molar-refractivity contribution < 1.29 is 14.3 Å². The lowest BCUT2D eigenvalue weighted by Crippen LogP contribution is -2.35. The van der Waals surface area contributed by atoms with Crippen molar-refractivity contribution in [3.8, 4) is 0 Å². The molecule has 1 rings (SSSR count). The molecule has 1 aromatic rings. The van der Waals surface area contributed by atoms with E-state index in [1.807, 2.05) is 26.8 Å². The average Bonchev–Trinajstić information content (AvgIpc) is 2.41. The van der Waals surface area contributed by atoms with E-state index in [-0.39, 0.29) is 12.5 Å². The largest absolute Gasteiger partial charge is 0.465 e. The molecule has 0 aliphatic heterocycles. The first-order valence-electron chi connectivity index (χ1n) is 6.69. The number of nitrogens with one attached hydrogen (secondary N) is 1. The van der Waals surface area contributed by atoms with Crippen molar-refractivity contribution in [3.05, 3.63) is 23.9 Å². The standard InChI is InChI=1S/C13H18N2O3.C2H6/c1-9-5-6-11(14-7-9)15-12(17)13(3,4)8-18-10(2)16;1-2/h5-7H,8H2,1-4H3,(H,14,15,17);1-2H3. The highest BCUT2D eigenvalue weighted by Crippen LogP contribution is 2.18. The molecule has 5 heteroatoms. The van der Waals surface area contributed by atoms with Gasteiger partial charge in [-0.1, -0.05) is 19.9 Å². The third-order valence-electron chi connectivity index (χ3n) is 2.40. The Morgan fingerprint density at radius 3 is 2.35 bits per heavy atom. The quantitative estimate of drug-likeness (QED) is 0.861. The van der Waals surface area contributed by atoms with Crippen LogP contribution < -0.4 is 5.32 Å². The van der Waals surface area contributed by atoms with Crippen LogP contribution in [-0.2, 0) is 14.3 Å². The highest BCUT2D eigenvalue weighted by Gasteiger charge is 2.29. The molecule has 0 bridgehead atoms. The Bertz CT molecular complexity index is 439. The summed E-state index contributed by atoms with van der Waals surface area (Å²) < 4.78 is 4.86. The molecular formula is C15H24N2O3. The van der Waals surface area contributed by atoms with E-state index in [9.17, 15) is 9.59 Å². The summed E-state index contributed by atoms with van der Waals surface area (Å²) in [5.41, 5.74) is 0.227. The number of hydrogen-bond acceptors (Lipinski definition) is 4. The van der Waals surface area contributed by atoms with Crippen LogP contribution in [0.5, 0.6) is 0 Å². The maximum absolute atomic E-state index is 12.0. The molecule has 0 saturated heterocycles. The highest BCUT2D eigenvalue weighted by molar-refractivity contribution is 5.94. The van der Waals surface area contributed by atoms with E-state index < -0.39 is 11.4 Å². The number of pyridine rings is 1. The molecule has 0 aliphatic rings. The number of hydrogen-bond donors (Lipinski definition) is 1. The van der Waals surface area contributed by atoms with Crippen LogP contribution in [0.25, 0.3) is 0 Å². The molecule has 5 nitrogen and oxygen atoms in total. The molecule has 0 spiro atoms. The number of amides is 1. The molecule has 112 valence electrons. The highest BCUT2D eigenvalue weighted by atomic mass is 16.5. The number of ether oxygens (including phenoxy) is 1. The van der Waals surface area contributed by atoms with Crippen LogP contribution in [0.1, 0.15) is 40.2 Å². The molecule has 0 aromatic carbocycles. The predicted molar refractivity (Wildman–Crippen MR) is 79.4 cm³/mol. The van der Waals surface area contributed by atoms with E-state index in [1.165, 1.54) is 6.92 Å². The van der Waals surface area contributed by atoms with Crippen molar-refractivity contribution in [1.82, 2.24) is 4.98 Å². The van der Waals surface area contributed by atoms with Crippen molar-refractivity contribution in [3.63, 3.8) is 0 Å². The van der Waals surface area contributed by atoms with Gasteiger partial charge in [-0.25, -0.2) is 4.98 Å². The Morgan fingerprint density at radius 1 is 1.30 bits per heavy atom. The number of aromatic nitrogens is 1. The maximum Gasteiger partial charge on any atom is 0.302 e. The zero-order valence-electron chi connectivity index (χ0n) is 13.1. The minimum absolute atomic E-state index is 0.0417. The van der Waals surface area contributed by atoms with Crippen molar-refractivity contribution >= 4 is 17.7 Å². The van der Waals surface area contributed by atoms with E-state index in [2.05, 4.69) is 10.3 Å². The van der Waals surface area contributed by atoms with Crippen molar-refractivity contribution in [2.24, 2.45) is 5.41 Å². The number of nitrogens with zero attached hydrogens (tertiary/aromatic N) is 1. The first-order chi connectivity index (χ1) is 9.31. The van der Waals surface area contributed by atoms with Gasteiger partial charge in [0, 0.05) is 13.1 Å². The summed E-state index contributed by atoms with van der Waals surface area (Å²) in [6, 6.07) is 3.59. The number of aryl methyl sites for hydroxylation is 1. The van der Waals surface area contributed by atoms with Crippen molar-refractivity contribution in [1.29, 1.82) is 0 Å². The third kappa shape index (κ3) is 6.31. The van der Waals surface area contributed by atoms with Gasteiger partial charge in [-0.15, -0.1) is 0 Å². The molecule has 0 radical (unpaired) electrons. The Kier molecular flexibility index (Phi) is 7.51. The second-order valence-electron chi connectivity index (χ2n) is 4.84. The van der Waals surface area contributed by atoms with E-state index in [0.29, 0.717) is 5.82 Å². The smallest absolute Gasteiger partial charge is 0.302 e. The van der Waals surface area contributed by atoms with E-state index in [1.54, 1.807) is 26.1 Å². The minimum Gasteiger partial charge on any atom is -0.465 e. The molecule has 1 N–H and O–H groups in total. The van der Waals surface area contributed by atoms with Crippen molar-refractivity contribution in [2.75, 3.05) is 11.9 Å². The van der Waals surface area contributed by atoms with Crippen LogP contribution in [-0.4, -0.2) is 23.5 Å². The van der Waals surface area contributed by atoms with Gasteiger partial charge in [-0.3, -0.25) is 9.59 Å². The van der Waals surface area contributed by atoms with Crippen molar-refractivity contribution in [2.45, 2.75) is 41.5 Å². The Labute approximate surface area is 120 Å². The Hall–Kier alpha value is -1.91. The summed E-state index contributed by atoms with van der Waals surface area (Å²) in [6.07, 6.45) is 1.68. The summed E-state index contributed by atoms with van der Waals surface area (Å²) in [5, 5.41) is 2.69. The van der Waals surface area contributed by atoms with Gasteiger partial charge in [0.1, 0.15) is 12.4 Å². The summed E-state index contributed by atoms with van der Waals surface area (Å²) >= 11 is 0. The second kappa shape index (κ2) is 8.30. The van der Waals surface area contributed by atoms with Crippen LogP contribution in [0.15, 0.2) is 18.3 Å². The van der Waals surface area contributed by atoms with Crippen LogP contribution in [0.3, 0.4) is 0 Å². The maximum atomic E-state index is 12.0. The molecule has 1 heterocycles. The fraction of sp³-hybridized carbons (Fsp3) is 0.533. The Balaban J connectivity index is 0.00000172. The first kappa shape index (κ1) is 18.1. The summed E-state index contributed by atoms with van der Waals surface area (Å²) in [7, 11) is 0. The summed E-state index contributed by atoms with van der Waals surface area (Å²) in [4.78, 5) is 26.8. The average molecular weight is 280 g/mol. The predicted octanol–water partition coefficient (Wildman–Crippen LogP) is 2.94. The number of carbonyl (C=O) groups excluding carboxylic acids is 2. The molecule has 0 saturated carbocycles. The number of rotatable bonds is 4. The molecule has 0 aliphatic carbocycles. The third-order valence-corrected chi connectivity index (χ3v) is 2.40. The monoisotopic (exact) mass is 280 g/mol. The van der Waals surface area contributed by atoms with Gasteiger partial charge < -0.3 is 10.1 Å². The van der Waals surface area contributed by atoms with Gasteiger partial charge in [0.25, 0.3) is 0 Å². The molecule has 0 fully saturated rings. The molecule has 0 unspecified atom stereocenters. The van der Waals surface area contributed by atoms with E-state index in [0.717, 1.165) is 5.56 Å².